The predicted molar refractivity (Wildman–Crippen MR) is 111 cm³/mol. The topological polar surface area (TPSA) is 49.4 Å². The largest absolute Gasteiger partial charge is 0.335 e. The summed E-state index contributed by atoms with van der Waals surface area (Å²) in [6.07, 6.45) is 7.00. The van der Waals surface area contributed by atoms with Crippen LogP contribution in [-0.4, -0.2) is 29.3 Å². The van der Waals surface area contributed by atoms with Gasteiger partial charge in [0.1, 0.15) is 5.82 Å². The standard InChI is InChI=1S/C24H27FN2O2/c25-20-11-5-17(6-12-20)15-16-27(22-3-1-2-4-22)24(29)19-9-13-21(14-10-19)26-23(28)18-7-8-18/h5-6,9-14,18,22H,1-4,7-8,15-16H2,(H,26,28). The zero-order chi connectivity index (χ0) is 20.2. The number of hydrogen-bond donors (Lipinski definition) is 1. The molecule has 2 aromatic carbocycles. The fraction of sp³-hybridized carbons (Fsp3) is 0.417. The number of halogens is 1. The number of nitrogens with zero attached hydrogens (tertiary/aromatic N) is 1. The number of hydrogen-bond acceptors (Lipinski definition) is 2. The molecule has 0 radical (unpaired) electrons. The average molecular weight is 394 g/mol. The molecule has 0 spiro atoms. The lowest BCUT2D eigenvalue weighted by Crippen LogP contribution is -2.40. The van der Waals surface area contributed by atoms with Crippen LogP contribution in [-0.2, 0) is 11.2 Å². The van der Waals surface area contributed by atoms with Gasteiger partial charge < -0.3 is 10.2 Å². The molecule has 2 fully saturated rings. The van der Waals surface area contributed by atoms with Gasteiger partial charge in [-0.3, -0.25) is 9.59 Å². The first-order valence-corrected chi connectivity index (χ1v) is 10.6. The highest BCUT2D eigenvalue weighted by molar-refractivity contribution is 5.97. The van der Waals surface area contributed by atoms with E-state index in [9.17, 15) is 14.0 Å². The molecule has 2 aromatic rings. The van der Waals surface area contributed by atoms with E-state index in [0.717, 1.165) is 49.8 Å². The van der Waals surface area contributed by atoms with Crippen LogP contribution in [0, 0.1) is 11.7 Å². The number of amides is 2. The van der Waals surface area contributed by atoms with Crippen molar-refractivity contribution in [3.63, 3.8) is 0 Å². The third-order valence-electron chi connectivity index (χ3n) is 5.93. The number of carbonyl (C=O) groups excluding carboxylic acids is 2. The van der Waals surface area contributed by atoms with Crippen molar-refractivity contribution < 1.29 is 14.0 Å². The van der Waals surface area contributed by atoms with E-state index in [0.29, 0.717) is 18.5 Å². The fourth-order valence-electron chi connectivity index (χ4n) is 4.02. The fourth-order valence-corrected chi connectivity index (χ4v) is 4.02. The predicted octanol–water partition coefficient (Wildman–Crippen LogP) is 4.80. The summed E-state index contributed by atoms with van der Waals surface area (Å²) in [6.45, 7) is 0.620. The second-order valence-electron chi connectivity index (χ2n) is 8.15. The van der Waals surface area contributed by atoms with Crippen molar-refractivity contribution in [2.75, 3.05) is 11.9 Å². The Morgan fingerprint density at radius 1 is 0.931 bits per heavy atom. The molecule has 5 heteroatoms. The van der Waals surface area contributed by atoms with Gasteiger partial charge in [-0.15, -0.1) is 0 Å². The Balaban J connectivity index is 1.43. The maximum absolute atomic E-state index is 13.2. The van der Waals surface area contributed by atoms with Gasteiger partial charge in [-0.2, -0.15) is 0 Å². The van der Waals surface area contributed by atoms with Crippen molar-refractivity contribution in [2.45, 2.75) is 51.0 Å². The molecule has 4 rings (SSSR count). The minimum absolute atomic E-state index is 0.0269. The minimum atomic E-state index is -0.244. The average Bonchev–Trinajstić information content (AvgIpc) is 3.46. The van der Waals surface area contributed by atoms with E-state index in [4.69, 9.17) is 0 Å². The Labute approximate surface area is 171 Å². The van der Waals surface area contributed by atoms with E-state index in [2.05, 4.69) is 5.32 Å². The van der Waals surface area contributed by atoms with Crippen LogP contribution in [0.15, 0.2) is 48.5 Å². The van der Waals surface area contributed by atoms with Gasteiger partial charge >= 0.3 is 0 Å². The molecule has 2 amide bonds. The van der Waals surface area contributed by atoms with Gasteiger partial charge in [-0.25, -0.2) is 4.39 Å². The summed E-state index contributed by atoms with van der Waals surface area (Å²) in [5, 5.41) is 2.91. The zero-order valence-corrected chi connectivity index (χ0v) is 16.6. The number of carbonyl (C=O) groups is 2. The van der Waals surface area contributed by atoms with Crippen LogP contribution >= 0.6 is 0 Å². The Kier molecular flexibility index (Phi) is 5.93. The highest BCUT2D eigenvalue weighted by Gasteiger charge is 2.30. The first-order valence-electron chi connectivity index (χ1n) is 10.6. The number of anilines is 1. The molecule has 0 aliphatic heterocycles. The number of benzene rings is 2. The van der Waals surface area contributed by atoms with Crippen molar-refractivity contribution in [3.8, 4) is 0 Å². The van der Waals surface area contributed by atoms with Crippen LogP contribution in [0.25, 0.3) is 0 Å². The third kappa shape index (κ3) is 5.03. The van der Waals surface area contributed by atoms with Gasteiger partial charge in [0, 0.05) is 29.8 Å². The van der Waals surface area contributed by atoms with E-state index >= 15 is 0 Å². The molecule has 29 heavy (non-hydrogen) atoms. The molecule has 0 saturated heterocycles. The normalized spacial score (nSPS) is 16.6. The Bertz CT molecular complexity index is 853. The van der Waals surface area contributed by atoms with Gasteiger partial charge in [0.2, 0.25) is 5.91 Å². The molecule has 0 atom stereocenters. The summed E-state index contributed by atoms with van der Waals surface area (Å²) in [7, 11) is 0. The van der Waals surface area contributed by atoms with E-state index in [1.165, 1.54) is 12.1 Å². The van der Waals surface area contributed by atoms with Crippen molar-refractivity contribution >= 4 is 17.5 Å². The van der Waals surface area contributed by atoms with Crippen LogP contribution in [0.4, 0.5) is 10.1 Å². The smallest absolute Gasteiger partial charge is 0.254 e. The van der Waals surface area contributed by atoms with Crippen LogP contribution in [0.2, 0.25) is 0 Å². The van der Waals surface area contributed by atoms with Crippen molar-refractivity contribution in [3.05, 3.63) is 65.5 Å². The molecule has 152 valence electrons. The lowest BCUT2D eigenvalue weighted by atomic mass is 10.1. The van der Waals surface area contributed by atoms with Gasteiger partial charge in [-0.05, 0) is 74.1 Å². The molecular weight excluding hydrogens is 367 g/mol. The van der Waals surface area contributed by atoms with Gasteiger partial charge in [0.25, 0.3) is 5.91 Å². The van der Waals surface area contributed by atoms with E-state index in [1.54, 1.807) is 36.4 Å². The molecule has 0 unspecified atom stereocenters. The van der Waals surface area contributed by atoms with Gasteiger partial charge in [0.15, 0.2) is 0 Å². The second-order valence-corrected chi connectivity index (χ2v) is 8.15. The maximum atomic E-state index is 13.2. The van der Waals surface area contributed by atoms with E-state index in [1.807, 2.05) is 4.90 Å². The van der Waals surface area contributed by atoms with Crippen LogP contribution in [0.5, 0.6) is 0 Å². The van der Waals surface area contributed by atoms with Crippen molar-refractivity contribution in [2.24, 2.45) is 5.92 Å². The lowest BCUT2D eigenvalue weighted by Gasteiger charge is -2.29. The zero-order valence-electron chi connectivity index (χ0n) is 16.6. The SMILES string of the molecule is O=C(Nc1ccc(C(=O)N(CCc2ccc(F)cc2)C2CCCC2)cc1)C1CC1. The molecule has 0 bridgehead atoms. The Morgan fingerprint density at radius 3 is 2.21 bits per heavy atom. The molecule has 4 nitrogen and oxygen atoms in total. The Morgan fingerprint density at radius 2 is 1.59 bits per heavy atom. The first-order chi connectivity index (χ1) is 14.1. The number of nitrogens with one attached hydrogen (secondary N) is 1. The minimum Gasteiger partial charge on any atom is -0.335 e. The summed E-state index contributed by atoms with van der Waals surface area (Å²) in [5.41, 5.74) is 2.40. The number of rotatable bonds is 7. The quantitative estimate of drug-likeness (QED) is 0.733. The van der Waals surface area contributed by atoms with Gasteiger partial charge in [-0.1, -0.05) is 25.0 Å². The summed E-state index contributed by atoms with van der Waals surface area (Å²) in [5.74, 6) is 0.00186. The van der Waals surface area contributed by atoms with Crippen LogP contribution in [0.1, 0.15) is 54.4 Å². The van der Waals surface area contributed by atoms with Crippen molar-refractivity contribution in [1.82, 2.24) is 4.90 Å². The molecule has 2 saturated carbocycles. The van der Waals surface area contributed by atoms with Crippen LogP contribution < -0.4 is 5.32 Å². The summed E-state index contributed by atoms with van der Waals surface area (Å²) >= 11 is 0. The molecular formula is C24H27FN2O2. The summed E-state index contributed by atoms with van der Waals surface area (Å²) in [6, 6.07) is 14.0. The molecule has 0 aromatic heterocycles. The molecule has 0 heterocycles. The van der Waals surface area contributed by atoms with Gasteiger partial charge in [0.05, 0.1) is 0 Å². The molecule has 2 aliphatic carbocycles. The first kappa shape index (κ1) is 19.6. The summed E-state index contributed by atoms with van der Waals surface area (Å²) in [4.78, 5) is 27.1. The van der Waals surface area contributed by atoms with Crippen molar-refractivity contribution in [1.29, 1.82) is 0 Å². The highest BCUT2D eigenvalue weighted by Crippen LogP contribution is 2.30. The second kappa shape index (κ2) is 8.76. The molecule has 1 N–H and O–H groups in total. The van der Waals surface area contributed by atoms with E-state index < -0.39 is 0 Å². The molecule has 2 aliphatic rings. The highest BCUT2D eigenvalue weighted by atomic mass is 19.1. The third-order valence-corrected chi connectivity index (χ3v) is 5.93. The lowest BCUT2D eigenvalue weighted by molar-refractivity contribution is -0.117. The van der Waals surface area contributed by atoms with E-state index in [-0.39, 0.29) is 29.6 Å². The maximum Gasteiger partial charge on any atom is 0.254 e. The summed E-state index contributed by atoms with van der Waals surface area (Å²) < 4.78 is 13.1. The Hall–Kier alpha value is -2.69. The monoisotopic (exact) mass is 394 g/mol. The van der Waals surface area contributed by atoms with Crippen LogP contribution in [0.3, 0.4) is 0 Å².